The number of carbonyl (C=O) groups is 1. The largest absolute Gasteiger partial charge is 0.351 e. The second kappa shape index (κ2) is 6.62. The van der Waals surface area contributed by atoms with Crippen molar-refractivity contribution in [2.45, 2.75) is 6.92 Å². The van der Waals surface area contributed by atoms with Crippen molar-refractivity contribution >= 4 is 23.3 Å². The van der Waals surface area contributed by atoms with Crippen molar-refractivity contribution in [3.63, 3.8) is 0 Å². The van der Waals surface area contributed by atoms with Crippen LogP contribution in [0.15, 0.2) is 60.8 Å². The third-order valence-electron chi connectivity index (χ3n) is 3.50. The molecule has 0 atom stereocenters. The first-order valence-electron chi connectivity index (χ1n) is 7.25. The lowest BCUT2D eigenvalue weighted by atomic mass is 10.2. The van der Waals surface area contributed by atoms with E-state index in [0.717, 1.165) is 11.3 Å². The molecule has 0 aliphatic rings. The number of carbonyl (C=O) groups excluding carboxylic acids is 1. The summed E-state index contributed by atoms with van der Waals surface area (Å²) in [5.41, 5.74) is 2.09. The molecule has 0 aliphatic heterocycles. The fourth-order valence-corrected chi connectivity index (χ4v) is 2.61. The van der Waals surface area contributed by atoms with E-state index < -0.39 is 0 Å². The van der Waals surface area contributed by atoms with Crippen LogP contribution >= 0.6 is 11.6 Å². The Labute approximate surface area is 139 Å². The summed E-state index contributed by atoms with van der Waals surface area (Å²) in [6.45, 7) is 2.43. The van der Waals surface area contributed by atoms with Gasteiger partial charge in [0.2, 0.25) is 0 Å². The molecule has 3 rings (SSSR count). The monoisotopic (exact) mass is 326 g/mol. The summed E-state index contributed by atoms with van der Waals surface area (Å²) in [5.74, 6) is 0. The molecule has 0 fully saturated rings. The fourth-order valence-electron chi connectivity index (χ4n) is 2.38. The molecule has 0 bridgehead atoms. The molecule has 116 valence electrons. The molecular formula is C17H15ClN4O. The standard InChI is InChI=1S/C17H15ClN4O/c1-2-21(13-8-4-3-5-9-13)17(23)22-16(12-19-20-22)14-10-6-7-11-15(14)18/h3-12H,2H2,1H3. The van der Waals surface area contributed by atoms with Crippen molar-refractivity contribution in [1.29, 1.82) is 0 Å². The van der Waals surface area contributed by atoms with Gasteiger partial charge in [0.15, 0.2) is 0 Å². The molecule has 0 unspecified atom stereocenters. The maximum Gasteiger partial charge on any atom is 0.351 e. The van der Waals surface area contributed by atoms with Gasteiger partial charge < -0.3 is 0 Å². The lowest BCUT2D eigenvalue weighted by Gasteiger charge is -2.21. The number of aromatic nitrogens is 3. The maximum atomic E-state index is 12.9. The van der Waals surface area contributed by atoms with E-state index in [-0.39, 0.29) is 6.03 Å². The van der Waals surface area contributed by atoms with Gasteiger partial charge in [0.25, 0.3) is 0 Å². The Balaban J connectivity index is 2.01. The number of nitrogens with zero attached hydrogens (tertiary/aromatic N) is 4. The van der Waals surface area contributed by atoms with Crippen LogP contribution in [0.1, 0.15) is 6.92 Å². The molecule has 6 heteroatoms. The van der Waals surface area contributed by atoms with Gasteiger partial charge >= 0.3 is 6.03 Å². The predicted molar refractivity (Wildman–Crippen MR) is 90.7 cm³/mol. The smallest absolute Gasteiger partial charge is 0.293 e. The van der Waals surface area contributed by atoms with Crippen LogP contribution < -0.4 is 4.90 Å². The Morgan fingerprint density at radius 3 is 2.52 bits per heavy atom. The summed E-state index contributed by atoms with van der Waals surface area (Å²) in [7, 11) is 0. The molecule has 0 saturated heterocycles. The minimum Gasteiger partial charge on any atom is -0.293 e. The first-order chi connectivity index (χ1) is 11.2. The van der Waals surface area contributed by atoms with E-state index in [0.29, 0.717) is 17.3 Å². The highest BCUT2D eigenvalue weighted by atomic mass is 35.5. The quantitative estimate of drug-likeness (QED) is 0.728. The van der Waals surface area contributed by atoms with Gasteiger partial charge in [-0.05, 0) is 25.1 Å². The van der Waals surface area contributed by atoms with Crippen LogP contribution in [0.2, 0.25) is 5.02 Å². The zero-order valence-corrected chi connectivity index (χ0v) is 13.3. The van der Waals surface area contributed by atoms with E-state index in [1.54, 1.807) is 11.0 Å². The fraction of sp³-hybridized carbons (Fsp3) is 0.118. The number of anilines is 1. The van der Waals surface area contributed by atoms with E-state index in [9.17, 15) is 4.79 Å². The number of halogens is 1. The van der Waals surface area contributed by atoms with Crippen molar-refractivity contribution in [2.24, 2.45) is 0 Å². The number of benzene rings is 2. The number of amides is 1. The number of hydrogen-bond acceptors (Lipinski definition) is 3. The first kappa shape index (κ1) is 15.2. The van der Waals surface area contributed by atoms with Crippen molar-refractivity contribution in [3.05, 3.63) is 65.8 Å². The highest BCUT2D eigenvalue weighted by Gasteiger charge is 2.21. The molecule has 0 spiro atoms. The number of para-hydroxylation sites is 1. The Hall–Kier alpha value is -2.66. The van der Waals surface area contributed by atoms with E-state index in [1.807, 2.05) is 55.5 Å². The summed E-state index contributed by atoms with van der Waals surface area (Å²) >= 11 is 6.23. The molecule has 0 aliphatic carbocycles. The summed E-state index contributed by atoms with van der Waals surface area (Å²) in [6, 6.07) is 16.5. The molecule has 0 saturated carbocycles. The Kier molecular flexibility index (Phi) is 4.39. The summed E-state index contributed by atoms with van der Waals surface area (Å²) in [4.78, 5) is 14.5. The molecule has 2 aromatic carbocycles. The van der Waals surface area contributed by atoms with E-state index in [4.69, 9.17) is 11.6 Å². The van der Waals surface area contributed by atoms with Gasteiger partial charge in [-0.3, -0.25) is 4.90 Å². The maximum absolute atomic E-state index is 12.9. The van der Waals surface area contributed by atoms with Crippen molar-refractivity contribution < 1.29 is 4.79 Å². The third-order valence-corrected chi connectivity index (χ3v) is 3.82. The minimum atomic E-state index is -0.272. The second-order valence-corrected chi connectivity index (χ2v) is 5.28. The van der Waals surface area contributed by atoms with Crippen LogP contribution in [0, 0.1) is 0 Å². The molecule has 1 aromatic heterocycles. The topological polar surface area (TPSA) is 51.0 Å². The summed E-state index contributed by atoms with van der Waals surface area (Å²) in [5, 5.41) is 8.37. The SMILES string of the molecule is CCN(C(=O)n1nncc1-c1ccccc1Cl)c1ccccc1. The van der Waals surface area contributed by atoms with Crippen molar-refractivity contribution in [3.8, 4) is 11.3 Å². The van der Waals surface area contributed by atoms with Crippen LogP contribution in [-0.4, -0.2) is 27.6 Å². The molecule has 1 amide bonds. The zero-order chi connectivity index (χ0) is 16.2. The lowest BCUT2D eigenvalue weighted by molar-refractivity contribution is 0.245. The molecule has 0 N–H and O–H groups in total. The van der Waals surface area contributed by atoms with E-state index in [1.165, 1.54) is 10.9 Å². The average Bonchev–Trinajstić information content (AvgIpc) is 3.06. The van der Waals surface area contributed by atoms with E-state index in [2.05, 4.69) is 10.3 Å². The van der Waals surface area contributed by atoms with Crippen LogP contribution in [-0.2, 0) is 0 Å². The first-order valence-corrected chi connectivity index (χ1v) is 7.62. The van der Waals surface area contributed by atoms with Gasteiger partial charge in [0.05, 0.1) is 11.2 Å². The molecular weight excluding hydrogens is 312 g/mol. The zero-order valence-electron chi connectivity index (χ0n) is 12.6. The molecule has 3 aromatic rings. The van der Waals surface area contributed by atoms with Gasteiger partial charge in [-0.15, -0.1) is 5.10 Å². The lowest BCUT2D eigenvalue weighted by Crippen LogP contribution is -2.35. The normalized spacial score (nSPS) is 10.5. The molecule has 5 nitrogen and oxygen atoms in total. The van der Waals surface area contributed by atoms with Crippen LogP contribution in [0.3, 0.4) is 0 Å². The van der Waals surface area contributed by atoms with Crippen molar-refractivity contribution in [2.75, 3.05) is 11.4 Å². The van der Waals surface area contributed by atoms with E-state index >= 15 is 0 Å². The molecule has 0 radical (unpaired) electrons. The average molecular weight is 327 g/mol. The predicted octanol–water partition coefficient (Wildman–Crippen LogP) is 4.09. The van der Waals surface area contributed by atoms with Gasteiger partial charge in [-0.1, -0.05) is 53.2 Å². The Morgan fingerprint density at radius 2 is 1.83 bits per heavy atom. The van der Waals surface area contributed by atoms with Crippen molar-refractivity contribution in [1.82, 2.24) is 15.0 Å². The third kappa shape index (κ3) is 2.96. The van der Waals surface area contributed by atoms with Gasteiger partial charge in [0, 0.05) is 17.8 Å². The van der Waals surface area contributed by atoms with Gasteiger partial charge in [-0.25, -0.2) is 4.79 Å². The number of rotatable bonds is 3. The van der Waals surface area contributed by atoms with Crippen LogP contribution in [0.4, 0.5) is 10.5 Å². The molecule has 1 heterocycles. The molecule has 23 heavy (non-hydrogen) atoms. The van der Waals surface area contributed by atoms with Gasteiger partial charge in [0.1, 0.15) is 5.69 Å². The minimum absolute atomic E-state index is 0.272. The number of hydrogen-bond donors (Lipinski definition) is 0. The second-order valence-electron chi connectivity index (χ2n) is 4.87. The Morgan fingerprint density at radius 1 is 1.13 bits per heavy atom. The highest BCUT2D eigenvalue weighted by Crippen LogP contribution is 2.27. The Bertz CT molecular complexity index is 816. The summed E-state index contributed by atoms with van der Waals surface area (Å²) < 4.78 is 1.28. The highest BCUT2D eigenvalue weighted by molar-refractivity contribution is 6.33. The van der Waals surface area contributed by atoms with Crippen LogP contribution in [0.5, 0.6) is 0 Å². The summed E-state index contributed by atoms with van der Waals surface area (Å²) in [6.07, 6.45) is 1.54. The van der Waals surface area contributed by atoms with Crippen LogP contribution in [0.25, 0.3) is 11.3 Å². The van der Waals surface area contributed by atoms with Gasteiger partial charge in [-0.2, -0.15) is 4.68 Å².